The third-order valence-electron chi connectivity index (χ3n) is 3.60. The van der Waals surface area contributed by atoms with Crippen molar-refractivity contribution in [3.63, 3.8) is 0 Å². The fourth-order valence-corrected chi connectivity index (χ4v) is 2.84. The SMILES string of the molecule is CC1(C)Cc2nc(-c3cc(Cl)ccc3F)nc(N)c2C1. The topological polar surface area (TPSA) is 51.8 Å². The monoisotopic (exact) mass is 291 g/mol. The van der Waals surface area contributed by atoms with Crippen molar-refractivity contribution in [3.8, 4) is 11.4 Å². The van der Waals surface area contributed by atoms with Crippen LogP contribution in [0.15, 0.2) is 18.2 Å². The zero-order valence-corrected chi connectivity index (χ0v) is 12.1. The molecule has 2 aromatic rings. The van der Waals surface area contributed by atoms with Crippen molar-refractivity contribution in [1.82, 2.24) is 9.97 Å². The summed E-state index contributed by atoms with van der Waals surface area (Å²) in [4.78, 5) is 8.74. The number of nitrogens with zero attached hydrogens (tertiary/aromatic N) is 2. The predicted molar refractivity (Wildman–Crippen MR) is 78.0 cm³/mol. The van der Waals surface area contributed by atoms with Gasteiger partial charge in [0.1, 0.15) is 11.6 Å². The number of hydrogen-bond acceptors (Lipinski definition) is 3. The van der Waals surface area contributed by atoms with Crippen molar-refractivity contribution < 1.29 is 4.39 Å². The fraction of sp³-hybridized carbons (Fsp3) is 0.333. The maximum atomic E-state index is 13.9. The van der Waals surface area contributed by atoms with E-state index in [0.717, 1.165) is 24.1 Å². The maximum absolute atomic E-state index is 13.9. The first-order valence-corrected chi connectivity index (χ1v) is 6.84. The minimum atomic E-state index is -0.397. The number of halogens is 2. The van der Waals surface area contributed by atoms with E-state index >= 15 is 0 Å². The van der Waals surface area contributed by atoms with E-state index in [1.807, 2.05) is 0 Å². The van der Waals surface area contributed by atoms with Gasteiger partial charge in [0.05, 0.1) is 11.3 Å². The van der Waals surface area contributed by atoms with E-state index in [1.165, 1.54) is 18.2 Å². The second-order valence-electron chi connectivity index (χ2n) is 6.00. The molecule has 1 aromatic heterocycles. The normalized spacial score (nSPS) is 16.2. The molecule has 0 spiro atoms. The van der Waals surface area contributed by atoms with E-state index in [9.17, 15) is 4.39 Å². The van der Waals surface area contributed by atoms with Gasteiger partial charge >= 0.3 is 0 Å². The minimum Gasteiger partial charge on any atom is -0.383 e. The van der Waals surface area contributed by atoms with Gasteiger partial charge in [-0.3, -0.25) is 0 Å². The van der Waals surface area contributed by atoms with Gasteiger partial charge in [0.15, 0.2) is 5.82 Å². The molecule has 1 aliphatic rings. The fourth-order valence-electron chi connectivity index (χ4n) is 2.67. The van der Waals surface area contributed by atoms with Gasteiger partial charge in [0, 0.05) is 10.6 Å². The molecule has 0 atom stereocenters. The first kappa shape index (κ1) is 13.3. The summed E-state index contributed by atoms with van der Waals surface area (Å²) in [5, 5.41) is 0.449. The van der Waals surface area contributed by atoms with Gasteiger partial charge in [-0.2, -0.15) is 0 Å². The molecule has 1 aromatic carbocycles. The van der Waals surface area contributed by atoms with Gasteiger partial charge in [0.2, 0.25) is 0 Å². The van der Waals surface area contributed by atoms with Crippen molar-refractivity contribution in [3.05, 3.63) is 40.3 Å². The Morgan fingerprint density at radius 1 is 1.25 bits per heavy atom. The van der Waals surface area contributed by atoms with E-state index in [0.29, 0.717) is 16.7 Å². The molecule has 0 bridgehead atoms. The summed E-state index contributed by atoms with van der Waals surface area (Å²) >= 11 is 5.92. The van der Waals surface area contributed by atoms with Crippen LogP contribution in [0.2, 0.25) is 5.02 Å². The third-order valence-corrected chi connectivity index (χ3v) is 3.83. The molecule has 0 saturated carbocycles. The first-order chi connectivity index (χ1) is 9.35. The Bertz CT molecular complexity index is 698. The summed E-state index contributed by atoms with van der Waals surface area (Å²) in [5.74, 6) is 0.347. The Morgan fingerprint density at radius 3 is 2.75 bits per heavy atom. The molecule has 0 aliphatic heterocycles. The Morgan fingerprint density at radius 2 is 2.00 bits per heavy atom. The third kappa shape index (κ3) is 2.24. The van der Waals surface area contributed by atoms with Gasteiger partial charge in [-0.25, -0.2) is 14.4 Å². The summed E-state index contributed by atoms with van der Waals surface area (Å²) in [6, 6.07) is 4.34. The molecule has 0 unspecified atom stereocenters. The molecule has 0 radical (unpaired) electrons. The molecular formula is C15H15ClFN3. The van der Waals surface area contributed by atoms with E-state index in [4.69, 9.17) is 17.3 Å². The van der Waals surface area contributed by atoms with Crippen LogP contribution in [0, 0.1) is 11.2 Å². The first-order valence-electron chi connectivity index (χ1n) is 6.46. The molecule has 0 saturated heterocycles. The van der Waals surface area contributed by atoms with E-state index < -0.39 is 5.82 Å². The van der Waals surface area contributed by atoms with Crippen LogP contribution in [0.5, 0.6) is 0 Å². The predicted octanol–water partition coefficient (Wildman–Crippen LogP) is 3.64. The Kier molecular flexibility index (Phi) is 2.94. The van der Waals surface area contributed by atoms with E-state index in [1.54, 1.807) is 0 Å². The highest BCUT2D eigenvalue weighted by Gasteiger charge is 2.32. The highest BCUT2D eigenvalue weighted by molar-refractivity contribution is 6.30. The number of rotatable bonds is 1. The molecule has 3 rings (SSSR count). The molecule has 5 heteroatoms. The zero-order chi connectivity index (χ0) is 14.5. The van der Waals surface area contributed by atoms with E-state index in [2.05, 4.69) is 23.8 Å². The van der Waals surface area contributed by atoms with Gasteiger partial charge in [-0.1, -0.05) is 25.4 Å². The Labute approximate surface area is 122 Å². The summed E-state index contributed by atoms with van der Waals surface area (Å²) in [6.45, 7) is 4.32. The Hall–Kier alpha value is -1.68. The average molecular weight is 292 g/mol. The molecule has 1 aliphatic carbocycles. The second-order valence-corrected chi connectivity index (χ2v) is 6.44. The highest BCUT2D eigenvalue weighted by Crippen LogP contribution is 2.38. The van der Waals surface area contributed by atoms with Crippen molar-refractivity contribution >= 4 is 17.4 Å². The molecule has 0 fully saturated rings. The van der Waals surface area contributed by atoms with Crippen LogP contribution in [-0.4, -0.2) is 9.97 Å². The lowest BCUT2D eigenvalue weighted by molar-refractivity contribution is 0.391. The average Bonchev–Trinajstić information content (AvgIpc) is 2.67. The molecule has 104 valence electrons. The lowest BCUT2D eigenvalue weighted by Gasteiger charge is -2.14. The minimum absolute atomic E-state index is 0.122. The maximum Gasteiger partial charge on any atom is 0.164 e. The molecule has 3 nitrogen and oxygen atoms in total. The van der Waals surface area contributed by atoms with Crippen molar-refractivity contribution in [2.75, 3.05) is 5.73 Å². The van der Waals surface area contributed by atoms with Crippen LogP contribution >= 0.6 is 11.6 Å². The zero-order valence-electron chi connectivity index (χ0n) is 11.4. The number of fused-ring (bicyclic) bond motifs is 1. The molecule has 0 amide bonds. The molecule has 20 heavy (non-hydrogen) atoms. The van der Waals surface area contributed by atoms with Crippen LogP contribution in [0.3, 0.4) is 0 Å². The van der Waals surface area contributed by atoms with E-state index in [-0.39, 0.29) is 11.0 Å². The van der Waals surface area contributed by atoms with Gasteiger partial charge in [-0.15, -0.1) is 0 Å². The number of hydrogen-bond donors (Lipinski definition) is 1. The smallest absolute Gasteiger partial charge is 0.164 e. The summed E-state index contributed by atoms with van der Waals surface area (Å²) in [5.41, 5.74) is 8.32. The summed E-state index contributed by atoms with van der Waals surface area (Å²) < 4.78 is 13.9. The van der Waals surface area contributed by atoms with Gasteiger partial charge < -0.3 is 5.73 Å². The largest absolute Gasteiger partial charge is 0.383 e. The quantitative estimate of drug-likeness (QED) is 0.872. The second kappa shape index (κ2) is 4.42. The van der Waals surface area contributed by atoms with Crippen LogP contribution in [-0.2, 0) is 12.8 Å². The number of aromatic nitrogens is 2. The van der Waals surface area contributed by atoms with Crippen LogP contribution in [0.1, 0.15) is 25.1 Å². The molecule has 2 N–H and O–H groups in total. The lowest BCUT2D eigenvalue weighted by atomic mass is 9.90. The number of anilines is 1. The van der Waals surface area contributed by atoms with Gasteiger partial charge in [0.25, 0.3) is 0 Å². The standard InChI is InChI=1S/C15H15ClFN3/c1-15(2)6-10-12(7-15)19-14(20-13(10)18)9-5-8(16)3-4-11(9)17/h3-5H,6-7H2,1-2H3,(H2,18,19,20). The number of nitrogen functional groups attached to an aromatic ring is 1. The molecular weight excluding hydrogens is 277 g/mol. The lowest BCUT2D eigenvalue weighted by Crippen LogP contribution is -2.10. The van der Waals surface area contributed by atoms with Crippen LogP contribution < -0.4 is 5.73 Å². The highest BCUT2D eigenvalue weighted by atomic mass is 35.5. The summed E-state index contributed by atoms with van der Waals surface area (Å²) in [7, 11) is 0. The van der Waals surface area contributed by atoms with Crippen LogP contribution in [0.4, 0.5) is 10.2 Å². The molecule has 1 heterocycles. The number of benzene rings is 1. The number of nitrogens with two attached hydrogens (primary N) is 1. The van der Waals surface area contributed by atoms with Crippen LogP contribution in [0.25, 0.3) is 11.4 Å². The van der Waals surface area contributed by atoms with Crippen molar-refractivity contribution in [1.29, 1.82) is 0 Å². The summed E-state index contributed by atoms with van der Waals surface area (Å²) in [6.07, 6.45) is 1.68. The Balaban J connectivity index is 2.14. The van der Waals surface area contributed by atoms with Crippen molar-refractivity contribution in [2.45, 2.75) is 26.7 Å². The van der Waals surface area contributed by atoms with Crippen molar-refractivity contribution in [2.24, 2.45) is 5.41 Å². The van der Waals surface area contributed by atoms with Gasteiger partial charge in [-0.05, 0) is 36.5 Å².